The van der Waals surface area contributed by atoms with Crippen LogP contribution in [0.25, 0.3) is 0 Å². The molecule has 2 amide bonds. The van der Waals surface area contributed by atoms with Crippen molar-refractivity contribution in [3.63, 3.8) is 0 Å². The Morgan fingerprint density at radius 2 is 1.51 bits per heavy atom. The number of fused-ring (bicyclic) bond motifs is 1. The van der Waals surface area contributed by atoms with Crippen LogP contribution in [0, 0.1) is 23.7 Å². The van der Waals surface area contributed by atoms with Gasteiger partial charge >= 0.3 is 0 Å². The minimum absolute atomic E-state index is 0.0602. The lowest BCUT2D eigenvalue weighted by atomic mass is 9.95. The molecule has 0 spiro atoms. The normalized spacial score (nSPS) is 25.1. The Hall–Kier alpha value is -3.00. The molecule has 1 aromatic heterocycles. The fourth-order valence-corrected chi connectivity index (χ4v) is 7.29. The number of aromatic nitrogens is 2. The van der Waals surface area contributed by atoms with Gasteiger partial charge in [-0.15, -0.1) is 0 Å². The summed E-state index contributed by atoms with van der Waals surface area (Å²) in [6.07, 6.45) is 10.6. The number of hydrogen-bond acceptors (Lipinski definition) is 6. The van der Waals surface area contributed by atoms with Crippen molar-refractivity contribution in [2.24, 2.45) is 23.7 Å². The maximum absolute atomic E-state index is 13.4. The SMILES string of the molecule is O=C(N[C@@H](CCN1CC2CN(C(=O)C3CCN(c4ncccn4)CC3)CC2C1)c1ccccc1)C1CCCC1. The topological polar surface area (TPSA) is 81.7 Å². The zero-order valence-electron chi connectivity index (χ0n) is 23.0. The van der Waals surface area contributed by atoms with Crippen LogP contribution in [0.1, 0.15) is 56.6 Å². The first-order valence-electron chi connectivity index (χ1n) is 15.0. The van der Waals surface area contributed by atoms with Gasteiger partial charge in [-0.25, -0.2) is 9.97 Å². The van der Waals surface area contributed by atoms with Crippen LogP contribution in [-0.2, 0) is 9.59 Å². The Morgan fingerprint density at radius 1 is 0.846 bits per heavy atom. The first kappa shape index (κ1) is 26.2. The van der Waals surface area contributed by atoms with Gasteiger partial charge in [-0.3, -0.25) is 9.59 Å². The Morgan fingerprint density at radius 3 is 2.18 bits per heavy atom. The van der Waals surface area contributed by atoms with Crippen molar-refractivity contribution in [2.75, 3.05) is 50.7 Å². The Kier molecular flexibility index (Phi) is 8.09. The van der Waals surface area contributed by atoms with E-state index in [4.69, 9.17) is 0 Å². The van der Waals surface area contributed by atoms with Crippen LogP contribution in [0.15, 0.2) is 48.8 Å². The number of carbonyl (C=O) groups is 2. The van der Waals surface area contributed by atoms with E-state index in [0.29, 0.717) is 17.7 Å². The molecule has 1 saturated carbocycles. The molecule has 8 heteroatoms. The van der Waals surface area contributed by atoms with Crippen LogP contribution in [0.3, 0.4) is 0 Å². The third-order valence-electron chi connectivity index (χ3n) is 9.53. The molecular weight excluding hydrogens is 488 g/mol. The van der Waals surface area contributed by atoms with Crippen LogP contribution in [-0.4, -0.2) is 77.4 Å². The summed E-state index contributed by atoms with van der Waals surface area (Å²) in [6, 6.07) is 12.3. The molecule has 4 aliphatic rings. The zero-order valence-corrected chi connectivity index (χ0v) is 23.0. The Balaban J connectivity index is 0.975. The average Bonchev–Trinajstić information content (AvgIpc) is 3.74. The van der Waals surface area contributed by atoms with E-state index in [-0.39, 0.29) is 23.8 Å². The largest absolute Gasteiger partial charge is 0.349 e. The first-order chi connectivity index (χ1) is 19.1. The van der Waals surface area contributed by atoms with Gasteiger partial charge in [-0.05, 0) is 55.6 Å². The second-order valence-electron chi connectivity index (χ2n) is 12.1. The van der Waals surface area contributed by atoms with E-state index in [1.807, 2.05) is 12.1 Å². The molecular formula is C31H42N6O2. The summed E-state index contributed by atoms with van der Waals surface area (Å²) in [7, 11) is 0. The molecule has 4 heterocycles. The van der Waals surface area contributed by atoms with Gasteiger partial charge in [-0.2, -0.15) is 0 Å². The van der Waals surface area contributed by atoms with Crippen molar-refractivity contribution < 1.29 is 9.59 Å². The third-order valence-corrected chi connectivity index (χ3v) is 9.53. The summed E-state index contributed by atoms with van der Waals surface area (Å²) in [5, 5.41) is 3.39. The minimum Gasteiger partial charge on any atom is -0.349 e. The van der Waals surface area contributed by atoms with Gasteiger partial charge in [0.2, 0.25) is 17.8 Å². The number of benzene rings is 1. The van der Waals surface area contributed by atoms with Crippen molar-refractivity contribution >= 4 is 17.8 Å². The van der Waals surface area contributed by atoms with Crippen LogP contribution < -0.4 is 10.2 Å². The zero-order chi connectivity index (χ0) is 26.6. The molecule has 2 aromatic rings. The number of amides is 2. The number of hydrogen-bond donors (Lipinski definition) is 1. The molecule has 0 radical (unpaired) electrons. The maximum atomic E-state index is 13.4. The van der Waals surface area contributed by atoms with Crippen molar-refractivity contribution in [3.8, 4) is 0 Å². The molecule has 1 aromatic carbocycles. The minimum atomic E-state index is 0.0602. The van der Waals surface area contributed by atoms with E-state index >= 15 is 0 Å². The lowest BCUT2D eigenvalue weighted by Crippen LogP contribution is -2.43. The van der Waals surface area contributed by atoms with E-state index in [0.717, 1.165) is 83.9 Å². The molecule has 1 N–H and O–H groups in total. The van der Waals surface area contributed by atoms with E-state index in [2.05, 4.69) is 54.2 Å². The Labute approximate surface area is 232 Å². The molecule has 1 aliphatic carbocycles. The second-order valence-corrected chi connectivity index (χ2v) is 12.1. The monoisotopic (exact) mass is 530 g/mol. The maximum Gasteiger partial charge on any atom is 0.225 e. The molecule has 3 atom stereocenters. The highest BCUT2D eigenvalue weighted by Crippen LogP contribution is 2.34. The first-order valence-corrected chi connectivity index (χ1v) is 15.0. The van der Waals surface area contributed by atoms with Crippen LogP contribution in [0.5, 0.6) is 0 Å². The molecule has 2 unspecified atom stereocenters. The number of rotatable bonds is 8. The smallest absolute Gasteiger partial charge is 0.225 e. The average molecular weight is 531 g/mol. The predicted octanol–water partition coefficient (Wildman–Crippen LogP) is 3.52. The summed E-state index contributed by atoms with van der Waals surface area (Å²) >= 11 is 0. The molecule has 6 rings (SSSR count). The molecule has 0 bridgehead atoms. The summed E-state index contributed by atoms with van der Waals surface area (Å²) in [5.41, 5.74) is 1.20. The fourth-order valence-electron chi connectivity index (χ4n) is 7.29. The molecule has 8 nitrogen and oxygen atoms in total. The van der Waals surface area contributed by atoms with Crippen molar-refractivity contribution in [3.05, 3.63) is 54.4 Å². The van der Waals surface area contributed by atoms with Crippen LogP contribution in [0.4, 0.5) is 5.95 Å². The molecule has 3 saturated heterocycles. The number of anilines is 1. The van der Waals surface area contributed by atoms with Crippen molar-refractivity contribution in [2.45, 2.75) is 51.0 Å². The van der Waals surface area contributed by atoms with Crippen molar-refractivity contribution in [1.29, 1.82) is 0 Å². The van der Waals surface area contributed by atoms with Crippen LogP contribution in [0.2, 0.25) is 0 Å². The van der Waals surface area contributed by atoms with E-state index in [1.54, 1.807) is 12.4 Å². The van der Waals surface area contributed by atoms with Gasteiger partial charge < -0.3 is 20.0 Å². The number of nitrogens with zero attached hydrogens (tertiary/aromatic N) is 5. The molecule has 208 valence electrons. The standard InChI is InChI=1S/C31H42N6O2/c38-29(24-9-4-5-10-24)34-28(23-7-2-1-3-8-23)13-16-35-19-26-21-37(22-27(26)20-35)30(39)25-11-17-36(18-12-25)31-32-14-6-15-33-31/h1-3,6-8,14-15,24-28H,4-5,9-13,16-22H2,(H,34,38)/t26?,27?,28-/m0/s1. The molecule has 39 heavy (non-hydrogen) atoms. The fraction of sp³-hybridized carbons (Fsp3) is 0.613. The highest BCUT2D eigenvalue weighted by atomic mass is 16.2. The van der Waals surface area contributed by atoms with Gasteiger partial charge in [-0.1, -0.05) is 43.2 Å². The summed E-state index contributed by atoms with van der Waals surface area (Å²) in [4.78, 5) is 41.9. The van der Waals surface area contributed by atoms with E-state index < -0.39 is 0 Å². The van der Waals surface area contributed by atoms with E-state index in [1.165, 1.54) is 18.4 Å². The van der Waals surface area contributed by atoms with Gasteiger partial charge in [0.15, 0.2) is 0 Å². The molecule has 3 aliphatic heterocycles. The quantitative estimate of drug-likeness (QED) is 0.563. The number of carbonyl (C=O) groups excluding carboxylic acids is 2. The Bertz CT molecular complexity index is 1090. The van der Waals surface area contributed by atoms with Gasteiger partial charge in [0.1, 0.15) is 0 Å². The van der Waals surface area contributed by atoms with Crippen molar-refractivity contribution in [1.82, 2.24) is 25.1 Å². The highest BCUT2D eigenvalue weighted by Gasteiger charge is 2.43. The highest BCUT2D eigenvalue weighted by molar-refractivity contribution is 5.80. The lowest BCUT2D eigenvalue weighted by Gasteiger charge is -2.33. The summed E-state index contributed by atoms with van der Waals surface area (Å²) in [6.45, 7) is 6.55. The molecule has 4 fully saturated rings. The van der Waals surface area contributed by atoms with Gasteiger partial charge in [0.25, 0.3) is 0 Å². The number of nitrogens with one attached hydrogen (secondary N) is 1. The predicted molar refractivity (Wildman–Crippen MR) is 151 cm³/mol. The summed E-state index contributed by atoms with van der Waals surface area (Å²) < 4.78 is 0. The van der Waals surface area contributed by atoms with Gasteiger partial charge in [0, 0.05) is 70.0 Å². The van der Waals surface area contributed by atoms with Gasteiger partial charge in [0.05, 0.1) is 6.04 Å². The lowest BCUT2D eigenvalue weighted by molar-refractivity contribution is -0.135. The number of piperidine rings is 1. The second kappa shape index (κ2) is 12.0. The third kappa shape index (κ3) is 6.11. The summed E-state index contributed by atoms with van der Waals surface area (Å²) in [5.74, 6) is 2.79. The van der Waals surface area contributed by atoms with Crippen LogP contribution >= 0.6 is 0 Å². The number of likely N-dealkylation sites (tertiary alicyclic amines) is 2. The van der Waals surface area contributed by atoms with E-state index in [9.17, 15) is 9.59 Å².